The van der Waals surface area contributed by atoms with Crippen LogP contribution in [-0.4, -0.2) is 39.2 Å². The fourth-order valence-corrected chi connectivity index (χ4v) is 4.02. The molecular formula is C22H21N3O3S. The average molecular weight is 407 g/mol. The van der Waals surface area contributed by atoms with Gasteiger partial charge in [-0.1, -0.05) is 48.5 Å². The molecule has 0 aliphatic carbocycles. The molecule has 0 saturated carbocycles. The van der Waals surface area contributed by atoms with Crippen molar-refractivity contribution >= 4 is 23.6 Å². The van der Waals surface area contributed by atoms with E-state index in [0.29, 0.717) is 35.1 Å². The normalized spacial score (nSPS) is 13.2. The van der Waals surface area contributed by atoms with E-state index in [9.17, 15) is 9.59 Å². The van der Waals surface area contributed by atoms with E-state index in [4.69, 9.17) is 4.52 Å². The van der Waals surface area contributed by atoms with Gasteiger partial charge in [0.15, 0.2) is 0 Å². The van der Waals surface area contributed by atoms with Crippen LogP contribution >= 0.6 is 11.8 Å². The van der Waals surface area contributed by atoms with Crippen molar-refractivity contribution in [3.8, 4) is 11.4 Å². The summed E-state index contributed by atoms with van der Waals surface area (Å²) in [5, 5.41) is 4.05. The van der Waals surface area contributed by atoms with Crippen molar-refractivity contribution in [2.45, 2.75) is 25.5 Å². The molecule has 1 aliphatic heterocycles. The number of benzene rings is 2. The Kier molecular flexibility index (Phi) is 5.76. The molecule has 29 heavy (non-hydrogen) atoms. The number of nitrogens with zero attached hydrogens (tertiary/aromatic N) is 3. The van der Waals surface area contributed by atoms with E-state index in [0.717, 1.165) is 24.2 Å². The van der Waals surface area contributed by atoms with Gasteiger partial charge >= 0.3 is 0 Å². The molecule has 6 nitrogen and oxygen atoms in total. The molecule has 0 N–H and O–H groups in total. The number of rotatable bonds is 8. The minimum Gasteiger partial charge on any atom is -0.338 e. The number of amides is 2. The third-order valence-corrected chi connectivity index (χ3v) is 5.89. The van der Waals surface area contributed by atoms with Crippen LogP contribution in [0.4, 0.5) is 0 Å². The summed E-state index contributed by atoms with van der Waals surface area (Å²) in [6, 6.07) is 15.1. The highest BCUT2D eigenvalue weighted by Crippen LogP contribution is 2.23. The maximum absolute atomic E-state index is 12.3. The average Bonchev–Trinajstić information content (AvgIpc) is 3.32. The van der Waals surface area contributed by atoms with Crippen LogP contribution in [-0.2, 0) is 12.2 Å². The molecule has 1 aliphatic rings. The Balaban J connectivity index is 1.24. The van der Waals surface area contributed by atoms with Gasteiger partial charge in [-0.2, -0.15) is 16.7 Å². The molecule has 0 radical (unpaired) electrons. The van der Waals surface area contributed by atoms with E-state index in [1.807, 2.05) is 12.1 Å². The summed E-state index contributed by atoms with van der Waals surface area (Å²) in [5.41, 5.74) is 3.20. The molecule has 0 atom stereocenters. The van der Waals surface area contributed by atoms with Gasteiger partial charge in [0.05, 0.1) is 16.9 Å². The molecule has 0 bridgehead atoms. The Labute approximate surface area is 173 Å². The number of carbonyl (C=O) groups excluding carboxylic acids is 2. The SMILES string of the molecule is CCc1ccc(-c2noc(CSCCCN3C(=O)c4ccccc4C3=O)n2)cc1. The number of hydrogen-bond acceptors (Lipinski definition) is 6. The van der Waals surface area contributed by atoms with Gasteiger partial charge in [0.1, 0.15) is 0 Å². The van der Waals surface area contributed by atoms with Gasteiger partial charge in [-0.15, -0.1) is 0 Å². The lowest BCUT2D eigenvalue weighted by Gasteiger charge is -2.12. The van der Waals surface area contributed by atoms with Crippen molar-refractivity contribution in [3.05, 3.63) is 71.1 Å². The Hall–Kier alpha value is -2.93. The summed E-state index contributed by atoms with van der Waals surface area (Å²) in [5.74, 6) is 2.15. The summed E-state index contributed by atoms with van der Waals surface area (Å²) in [6.07, 6.45) is 1.71. The Morgan fingerprint density at radius 3 is 2.34 bits per heavy atom. The van der Waals surface area contributed by atoms with Crippen LogP contribution in [0.25, 0.3) is 11.4 Å². The summed E-state index contributed by atoms with van der Waals surface area (Å²) in [6.45, 7) is 2.53. The maximum atomic E-state index is 12.3. The molecule has 4 rings (SSSR count). The van der Waals surface area contributed by atoms with Gasteiger partial charge in [0.2, 0.25) is 11.7 Å². The highest BCUT2D eigenvalue weighted by Gasteiger charge is 2.34. The smallest absolute Gasteiger partial charge is 0.261 e. The lowest BCUT2D eigenvalue weighted by atomic mass is 10.1. The molecule has 0 saturated heterocycles. The first-order chi connectivity index (χ1) is 14.2. The minimum absolute atomic E-state index is 0.203. The van der Waals surface area contributed by atoms with Crippen molar-refractivity contribution in [1.29, 1.82) is 0 Å². The van der Waals surface area contributed by atoms with Crippen molar-refractivity contribution in [2.24, 2.45) is 0 Å². The number of aryl methyl sites for hydroxylation is 1. The summed E-state index contributed by atoms with van der Waals surface area (Å²) in [4.78, 5) is 30.4. The van der Waals surface area contributed by atoms with E-state index in [1.165, 1.54) is 10.5 Å². The fraction of sp³-hybridized carbons (Fsp3) is 0.273. The van der Waals surface area contributed by atoms with E-state index in [-0.39, 0.29) is 11.8 Å². The molecule has 0 unspecified atom stereocenters. The van der Waals surface area contributed by atoms with E-state index < -0.39 is 0 Å². The zero-order valence-electron chi connectivity index (χ0n) is 16.1. The van der Waals surface area contributed by atoms with Crippen LogP contribution in [0, 0.1) is 0 Å². The second kappa shape index (κ2) is 8.61. The molecule has 2 heterocycles. The number of carbonyl (C=O) groups is 2. The number of imide groups is 1. The number of aromatic nitrogens is 2. The second-order valence-electron chi connectivity index (χ2n) is 6.78. The number of fused-ring (bicyclic) bond motifs is 1. The van der Waals surface area contributed by atoms with Gasteiger partial charge in [-0.25, -0.2) is 0 Å². The first-order valence-corrected chi connectivity index (χ1v) is 10.8. The zero-order chi connectivity index (χ0) is 20.2. The van der Waals surface area contributed by atoms with E-state index >= 15 is 0 Å². The minimum atomic E-state index is -0.203. The van der Waals surface area contributed by atoms with Crippen LogP contribution in [0.5, 0.6) is 0 Å². The maximum Gasteiger partial charge on any atom is 0.261 e. The van der Waals surface area contributed by atoms with Gasteiger partial charge in [-0.05, 0) is 36.3 Å². The fourth-order valence-electron chi connectivity index (χ4n) is 3.25. The Morgan fingerprint density at radius 1 is 1.00 bits per heavy atom. The van der Waals surface area contributed by atoms with Crippen molar-refractivity contribution in [3.63, 3.8) is 0 Å². The standard InChI is InChI=1S/C22H21N3O3S/c1-2-15-8-10-16(11-9-15)20-23-19(28-24-20)14-29-13-5-12-25-21(26)17-6-3-4-7-18(17)22(25)27/h3-4,6-11H,2,5,12-14H2,1H3. The molecule has 2 amide bonds. The summed E-state index contributed by atoms with van der Waals surface area (Å²) in [7, 11) is 0. The van der Waals surface area contributed by atoms with Crippen LogP contribution in [0.3, 0.4) is 0 Å². The van der Waals surface area contributed by atoms with E-state index in [2.05, 4.69) is 29.2 Å². The zero-order valence-corrected chi connectivity index (χ0v) is 16.9. The molecular weight excluding hydrogens is 386 g/mol. The lowest BCUT2D eigenvalue weighted by Crippen LogP contribution is -2.31. The van der Waals surface area contributed by atoms with Crippen LogP contribution in [0.15, 0.2) is 53.1 Å². The molecule has 1 aromatic heterocycles. The van der Waals surface area contributed by atoms with Gasteiger partial charge in [0.25, 0.3) is 11.8 Å². The van der Waals surface area contributed by atoms with Crippen LogP contribution < -0.4 is 0 Å². The molecule has 3 aromatic rings. The summed E-state index contributed by atoms with van der Waals surface area (Å²) >= 11 is 1.65. The predicted molar refractivity (Wildman–Crippen MR) is 112 cm³/mol. The number of hydrogen-bond donors (Lipinski definition) is 0. The highest BCUT2D eigenvalue weighted by atomic mass is 32.2. The molecule has 0 fully saturated rings. The topological polar surface area (TPSA) is 76.3 Å². The Bertz CT molecular complexity index is 995. The quantitative estimate of drug-likeness (QED) is 0.411. The number of thioether (sulfide) groups is 1. The van der Waals surface area contributed by atoms with E-state index in [1.54, 1.807) is 36.0 Å². The van der Waals surface area contributed by atoms with Gasteiger partial charge in [0, 0.05) is 12.1 Å². The van der Waals surface area contributed by atoms with Gasteiger partial charge in [-0.3, -0.25) is 14.5 Å². The van der Waals surface area contributed by atoms with Crippen molar-refractivity contribution < 1.29 is 14.1 Å². The third-order valence-electron chi connectivity index (χ3n) is 4.86. The monoisotopic (exact) mass is 407 g/mol. The first-order valence-electron chi connectivity index (χ1n) is 9.62. The molecule has 2 aromatic carbocycles. The molecule has 148 valence electrons. The third kappa shape index (κ3) is 4.10. The van der Waals surface area contributed by atoms with Crippen molar-refractivity contribution in [2.75, 3.05) is 12.3 Å². The van der Waals surface area contributed by atoms with Crippen LogP contribution in [0.2, 0.25) is 0 Å². The predicted octanol–water partition coefficient (Wildman–Crippen LogP) is 4.22. The van der Waals surface area contributed by atoms with Crippen LogP contribution in [0.1, 0.15) is 45.5 Å². The largest absolute Gasteiger partial charge is 0.338 e. The summed E-state index contributed by atoms with van der Waals surface area (Å²) < 4.78 is 5.33. The van der Waals surface area contributed by atoms with Crippen molar-refractivity contribution in [1.82, 2.24) is 15.0 Å². The highest BCUT2D eigenvalue weighted by molar-refractivity contribution is 7.98. The molecule has 7 heteroatoms. The Morgan fingerprint density at radius 2 is 1.69 bits per heavy atom. The lowest BCUT2D eigenvalue weighted by molar-refractivity contribution is 0.0655. The first kappa shape index (κ1) is 19.4. The van der Waals surface area contributed by atoms with Gasteiger partial charge < -0.3 is 4.52 Å². The molecule has 0 spiro atoms. The second-order valence-corrected chi connectivity index (χ2v) is 7.88.